The summed E-state index contributed by atoms with van der Waals surface area (Å²) in [5, 5.41) is 3.50. The molecule has 3 heteroatoms. The Balaban J connectivity index is 1.51. The maximum absolute atomic E-state index is 3.50. The van der Waals surface area contributed by atoms with Crippen molar-refractivity contribution in [2.24, 2.45) is 5.92 Å². The van der Waals surface area contributed by atoms with Crippen LogP contribution in [0, 0.1) is 5.92 Å². The highest BCUT2D eigenvalue weighted by molar-refractivity contribution is 5.52. The van der Waals surface area contributed by atoms with E-state index in [0.29, 0.717) is 5.92 Å². The first-order chi connectivity index (χ1) is 11.7. The Morgan fingerprint density at radius 2 is 1.33 bits per heavy atom. The fourth-order valence-corrected chi connectivity index (χ4v) is 3.19. The number of hydrogen-bond donors (Lipinski definition) is 1. The average molecular weight is 323 g/mol. The van der Waals surface area contributed by atoms with Gasteiger partial charge in [0.05, 0.1) is 0 Å². The van der Waals surface area contributed by atoms with E-state index in [0.717, 1.165) is 39.3 Å². The molecule has 0 aromatic heterocycles. The molecule has 0 radical (unpaired) electrons. The van der Waals surface area contributed by atoms with Gasteiger partial charge in [-0.3, -0.25) is 0 Å². The van der Waals surface area contributed by atoms with Crippen LogP contribution in [0.3, 0.4) is 0 Å². The van der Waals surface area contributed by atoms with Crippen molar-refractivity contribution in [3.63, 3.8) is 0 Å². The van der Waals surface area contributed by atoms with E-state index in [2.05, 4.69) is 83.6 Å². The molecule has 0 spiro atoms. The SMILES string of the molecule is CC(C)CNCc1ccc(N2CCN(c3ccccc3)CC2)cc1. The number of nitrogens with zero attached hydrogens (tertiary/aromatic N) is 2. The van der Waals surface area contributed by atoms with E-state index in [1.165, 1.54) is 16.9 Å². The zero-order chi connectivity index (χ0) is 16.8. The molecule has 128 valence electrons. The highest BCUT2D eigenvalue weighted by Crippen LogP contribution is 2.20. The molecule has 1 N–H and O–H groups in total. The van der Waals surface area contributed by atoms with E-state index in [1.807, 2.05) is 0 Å². The van der Waals surface area contributed by atoms with Gasteiger partial charge in [0.15, 0.2) is 0 Å². The van der Waals surface area contributed by atoms with Crippen LogP contribution in [-0.4, -0.2) is 32.7 Å². The lowest BCUT2D eigenvalue weighted by Crippen LogP contribution is -2.46. The zero-order valence-electron chi connectivity index (χ0n) is 14.9. The fourth-order valence-electron chi connectivity index (χ4n) is 3.19. The maximum Gasteiger partial charge on any atom is 0.0367 e. The summed E-state index contributed by atoms with van der Waals surface area (Å²) in [7, 11) is 0. The Morgan fingerprint density at radius 3 is 1.88 bits per heavy atom. The second kappa shape index (κ2) is 8.20. The van der Waals surface area contributed by atoms with Gasteiger partial charge in [0, 0.05) is 44.1 Å². The van der Waals surface area contributed by atoms with Crippen molar-refractivity contribution >= 4 is 11.4 Å². The van der Waals surface area contributed by atoms with Gasteiger partial charge in [-0.2, -0.15) is 0 Å². The molecule has 0 atom stereocenters. The predicted molar refractivity (Wildman–Crippen MR) is 104 cm³/mol. The fraction of sp³-hybridized carbons (Fsp3) is 0.429. The van der Waals surface area contributed by atoms with E-state index in [9.17, 15) is 0 Å². The number of benzene rings is 2. The molecule has 24 heavy (non-hydrogen) atoms. The molecule has 0 amide bonds. The van der Waals surface area contributed by atoms with Crippen molar-refractivity contribution in [3.05, 3.63) is 60.2 Å². The highest BCUT2D eigenvalue weighted by Gasteiger charge is 2.17. The van der Waals surface area contributed by atoms with Gasteiger partial charge in [-0.1, -0.05) is 44.2 Å². The van der Waals surface area contributed by atoms with Crippen LogP contribution < -0.4 is 15.1 Å². The highest BCUT2D eigenvalue weighted by atomic mass is 15.3. The monoisotopic (exact) mass is 323 g/mol. The standard InChI is InChI=1S/C21H29N3/c1-18(2)16-22-17-19-8-10-21(11-9-19)24-14-12-23(13-15-24)20-6-4-3-5-7-20/h3-11,18,22H,12-17H2,1-2H3. The van der Waals surface area contributed by atoms with Crippen molar-refractivity contribution in [1.29, 1.82) is 0 Å². The summed E-state index contributed by atoms with van der Waals surface area (Å²) in [6.45, 7) is 10.9. The van der Waals surface area contributed by atoms with E-state index < -0.39 is 0 Å². The van der Waals surface area contributed by atoms with Crippen molar-refractivity contribution in [3.8, 4) is 0 Å². The summed E-state index contributed by atoms with van der Waals surface area (Å²) in [6.07, 6.45) is 0. The van der Waals surface area contributed by atoms with Crippen molar-refractivity contribution in [2.75, 3.05) is 42.5 Å². The Kier molecular flexibility index (Phi) is 5.76. The van der Waals surface area contributed by atoms with Crippen LogP contribution in [0.4, 0.5) is 11.4 Å². The van der Waals surface area contributed by atoms with Crippen LogP contribution >= 0.6 is 0 Å². The summed E-state index contributed by atoms with van der Waals surface area (Å²) in [5.41, 5.74) is 4.04. The van der Waals surface area contributed by atoms with Gasteiger partial charge in [-0.15, -0.1) is 0 Å². The molecule has 0 saturated carbocycles. The van der Waals surface area contributed by atoms with Gasteiger partial charge in [0.1, 0.15) is 0 Å². The van der Waals surface area contributed by atoms with E-state index in [-0.39, 0.29) is 0 Å². The van der Waals surface area contributed by atoms with Crippen LogP contribution in [0.5, 0.6) is 0 Å². The maximum atomic E-state index is 3.50. The van der Waals surface area contributed by atoms with E-state index >= 15 is 0 Å². The average Bonchev–Trinajstić information content (AvgIpc) is 2.63. The zero-order valence-corrected chi connectivity index (χ0v) is 14.9. The van der Waals surface area contributed by atoms with Crippen LogP contribution in [0.2, 0.25) is 0 Å². The van der Waals surface area contributed by atoms with Crippen LogP contribution in [-0.2, 0) is 6.54 Å². The molecule has 2 aromatic rings. The van der Waals surface area contributed by atoms with Gasteiger partial charge in [0.25, 0.3) is 0 Å². The van der Waals surface area contributed by atoms with Gasteiger partial charge >= 0.3 is 0 Å². The smallest absolute Gasteiger partial charge is 0.0367 e. The lowest BCUT2D eigenvalue weighted by atomic mass is 10.1. The Labute approximate surface area is 146 Å². The van der Waals surface area contributed by atoms with Gasteiger partial charge in [-0.25, -0.2) is 0 Å². The van der Waals surface area contributed by atoms with Crippen LogP contribution in [0.15, 0.2) is 54.6 Å². The third-order valence-electron chi connectivity index (χ3n) is 4.58. The minimum absolute atomic E-state index is 0.699. The molecule has 0 bridgehead atoms. The molecule has 1 aliphatic heterocycles. The molecule has 0 aliphatic carbocycles. The number of nitrogens with one attached hydrogen (secondary N) is 1. The summed E-state index contributed by atoms with van der Waals surface area (Å²) < 4.78 is 0. The van der Waals surface area contributed by atoms with Crippen LogP contribution in [0.1, 0.15) is 19.4 Å². The third-order valence-corrected chi connectivity index (χ3v) is 4.58. The number of piperazine rings is 1. The van der Waals surface area contributed by atoms with Gasteiger partial charge in [0.2, 0.25) is 0 Å². The predicted octanol–water partition coefficient (Wildman–Crippen LogP) is 3.76. The second-order valence-electron chi connectivity index (χ2n) is 7.00. The second-order valence-corrected chi connectivity index (χ2v) is 7.00. The molecule has 1 aliphatic rings. The molecular weight excluding hydrogens is 294 g/mol. The Morgan fingerprint density at radius 1 is 0.792 bits per heavy atom. The molecule has 2 aromatic carbocycles. The lowest BCUT2D eigenvalue weighted by Gasteiger charge is -2.37. The van der Waals surface area contributed by atoms with Crippen molar-refractivity contribution < 1.29 is 0 Å². The molecule has 0 unspecified atom stereocenters. The summed E-state index contributed by atoms with van der Waals surface area (Å²) >= 11 is 0. The molecule has 1 fully saturated rings. The van der Waals surface area contributed by atoms with Crippen molar-refractivity contribution in [1.82, 2.24) is 5.32 Å². The minimum Gasteiger partial charge on any atom is -0.368 e. The molecule has 3 nitrogen and oxygen atoms in total. The first-order valence-electron chi connectivity index (χ1n) is 9.07. The van der Waals surface area contributed by atoms with E-state index in [4.69, 9.17) is 0 Å². The minimum atomic E-state index is 0.699. The molecule has 1 saturated heterocycles. The van der Waals surface area contributed by atoms with E-state index in [1.54, 1.807) is 0 Å². The summed E-state index contributed by atoms with van der Waals surface area (Å²) in [6, 6.07) is 19.8. The lowest BCUT2D eigenvalue weighted by molar-refractivity contribution is 0.552. The van der Waals surface area contributed by atoms with Crippen LogP contribution in [0.25, 0.3) is 0 Å². The van der Waals surface area contributed by atoms with Crippen molar-refractivity contribution in [2.45, 2.75) is 20.4 Å². The quantitative estimate of drug-likeness (QED) is 0.873. The van der Waals surface area contributed by atoms with Gasteiger partial charge in [-0.05, 0) is 42.3 Å². The summed E-state index contributed by atoms with van der Waals surface area (Å²) in [4.78, 5) is 4.96. The number of anilines is 2. The Bertz CT molecular complexity index is 599. The molecule has 3 rings (SSSR count). The van der Waals surface area contributed by atoms with Gasteiger partial charge < -0.3 is 15.1 Å². The molecular formula is C21H29N3. The topological polar surface area (TPSA) is 18.5 Å². The first-order valence-corrected chi connectivity index (χ1v) is 9.07. The largest absolute Gasteiger partial charge is 0.368 e. The molecule has 1 heterocycles. The first kappa shape index (κ1) is 16.8. The normalized spacial score (nSPS) is 15.1. The number of rotatable bonds is 6. The summed E-state index contributed by atoms with van der Waals surface area (Å²) in [5.74, 6) is 0.699. The number of para-hydroxylation sites is 1. The number of hydrogen-bond acceptors (Lipinski definition) is 3. The Hall–Kier alpha value is -2.00. The third kappa shape index (κ3) is 4.51.